The van der Waals surface area contributed by atoms with E-state index >= 15 is 0 Å². The highest BCUT2D eigenvalue weighted by Gasteiger charge is 2.16. The standard InChI is InChI=1S/C11H9BrClFN2O2S/c1-7-15-11(19(13,17)18)6-16(7)5-8-2-3-9(12)4-10(8)14/h2-4,6H,5H2,1H3. The van der Waals surface area contributed by atoms with Gasteiger partial charge in [-0.3, -0.25) is 0 Å². The first-order valence-corrected chi connectivity index (χ1v) is 8.30. The Morgan fingerprint density at radius 3 is 2.68 bits per heavy atom. The van der Waals surface area contributed by atoms with Crippen LogP contribution < -0.4 is 0 Å². The van der Waals surface area contributed by atoms with E-state index in [1.165, 1.54) is 16.8 Å². The molecular formula is C11H9BrClFN2O2S. The Morgan fingerprint density at radius 2 is 2.16 bits per heavy atom. The number of hydrogen-bond acceptors (Lipinski definition) is 3. The van der Waals surface area contributed by atoms with Crippen LogP contribution in [-0.4, -0.2) is 18.0 Å². The summed E-state index contributed by atoms with van der Waals surface area (Å²) in [5.74, 6) is 0.0688. The maximum Gasteiger partial charge on any atom is 0.280 e. The van der Waals surface area contributed by atoms with Crippen molar-refractivity contribution in [3.05, 3.63) is 46.1 Å². The normalized spacial score (nSPS) is 11.8. The molecule has 0 aliphatic heterocycles. The van der Waals surface area contributed by atoms with E-state index in [4.69, 9.17) is 10.7 Å². The highest BCUT2D eigenvalue weighted by molar-refractivity contribution is 9.10. The maximum absolute atomic E-state index is 13.7. The number of hydrogen-bond donors (Lipinski definition) is 0. The van der Waals surface area contributed by atoms with Crippen LogP contribution in [0.3, 0.4) is 0 Å². The molecule has 0 fully saturated rings. The Morgan fingerprint density at radius 1 is 1.47 bits per heavy atom. The van der Waals surface area contributed by atoms with Crippen LogP contribution in [0.2, 0.25) is 0 Å². The molecule has 0 amide bonds. The van der Waals surface area contributed by atoms with Gasteiger partial charge in [0.15, 0.2) is 5.03 Å². The fraction of sp³-hybridized carbons (Fsp3) is 0.182. The van der Waals surface area contributed by atoms with Gasteiger partial charge in [0.2, 0.25) is 0 Å². The molecule has 2 aromatic rings. The van der Waals surface area contributed by atoms with Crippen LogP contribution in [0.5, 0.6) is 0 Å². The smallest absolute Gasteiger partial charge is 0.280 e. The molecule has 102 valence electrons. The van der Waals surface area contributed by atoms with E-state index < -0.39 is 9.05 Å². The lowest BCUT2D eigenvalue weighted by atomic mass is 10.2. The van der Waals surface area contributed by atoms with Gasteiger partial charge >= 0.3 is 0 Å². The second-order valence-electron chi connectivity index (χ2n) is 3.93. The summed E-state index contributed by atoms with van der Waals surface area (Å²) in [6, 6.07) is 4.68. The van der Waals surface area contributed by atoms with E-state index in [2.05, 4.69) is 20.9 Å². The summed E-state index contributed by atoms with van der Waals surface area (Å²) in [5.41, 5.74) is 0.433. The molecule has 0 aliphatic carbocycles. The highest BCUT2D eigenvalue weighted by atomic mass is 79.9. The minimum Gasteiger partial charge on any atom is -0.329 e. The number of rotatable bonds is 3. The first-order valence-electron chi connectivity index (χ1n) is 5.20. The van der Waals surface area contributed by atoms with E-state index in [1.807, 2.05) is 0 Å². The number of halogens is 3. The van der Waals surface area contributed by atoms with Crippen LogP contribution in [0.1, 0.15) is 11.4 Å². The lowest BCUT2D eigenvalue weighted by Gasteiger charge is -2.06. The molecule has 19 heavy (non-hydrogen) atoms. The molecule has 0 N–H and O–H groups in total. The van der Waals surface area contributed by atoms with Crippen molar-refractivity contribution < 1.29 is 12.8 Å². The highest BCUT2D eigenvalue weighted by Crippen LogP contribution is 2.19. The predicted octanol–water partition coefficient (Wildman–Crippen LogP) is 3.07. The summed E-state index contributed by atoms with van der Waals surface area (Å²) in [5, 5.41) is -0.232. The average Bonchev–Trinajstić information content (AvgIpc) is 2.64. The largest absolute Gasteiger partial charge is 0.329 e. The van der Waals surface area contributed by atoms with Gasteiger partial charge in [0.1, 0.15) is 11.6 Å². The second-order valence-corrected chi connectivity index (χ2v) is 7.36. The second kappa shape index (κ2) is 5.22. The first kappa shape index (κ1) is 14.5. The van der Waals surface area contributed by atoms with Crippen molar-refractivity contribution in [1.29, 1.82) is 0 Å². The summed E-state index contributed by atoms with van der Waals surface area (Å²) in [6.07, 6.45) is 1.29. The van der Waals surface area contributed by atoms with Crippen LogP contribution >= 0.6 is 26.6 Å². The molecule has 0 radical (unpaired) electrons. The molecule has 0 unspecified atom stereocenters. The van der Waals surface area contributed by atoms with Gasteiger partial charge in [-0.2, -0.15) is 0 Å². The zero-order chi connectivity index (χ0) is 14.2. The predicted molar refractivity (Wildman–Crippen MR) is 73.2 cm³/mol. The molecule has 0 saturated heterocycles. The minimum absolute atomic E-state index is 0.185. The topological polar surface area (TPSA) is 52.0 Å². The van der Waals surface area contributed by atoms with Crippen molar-refractivity contribution in [2.75, 3.05) is 0 Å². The minimum atomic E-state index is -3.87. The van der Waals surface area contributed by atoms with Gasteiger partial charge in [0.05, 0.1) is 6.54 Å². The van der Waals surface area contributed by atoms with Crippen LogP contribution in [-0.2, 0) is 15.6 Å². The van der Waals surface area contributed by atoms with Gasteiger partial charge in [0.25, 0.3) is 9.05 Å². The molecule has 1 heterocycles. The van der Waals surface area contributed by atoms with Gasteiger partial charge in [-0.05, 0) is 19.1 Å². The zero-order valence-corrected chi connectivity index (χ0v) is 12.9. The lowest BCUT2D eigenvalue weighted by Crippen LogP contribution is -2.02. The Hall–Kier alpha value is -0.920. The maximum atomic E-state index is 13.7. The molecule has 4 nitrogen and oxygen atoms in total. The van der Waals surface area contributed by atoms with Gasteiger partial charge in [-0.15, -0.1) is 0 Å². The Kier molecular flexibility index (Phi) is 3.98. The molecule has 0 aliphatic rings. The van der Waals surface area contributed by atoms with Crippen LogP contribution in [0, 0.1) is 12.7 Å². The Bertz CT molecular complexity index is 730. The molecule has 0 atom stereocenters. The molecule has 2 rings (SSSR count). The van der Waals surface area contributed by atoms with Crippen molar-refractivity contribution in [2.24, 2.45) is 0 Å². The molecule has 1 aromatic carbocycles. The number of nitrogens with zero attached hydrogens (tertiary/aromatic N) is 2. The Balaban J connectivity index is 2.36. The van der Waals surface area contributed by atoms with Crippen LogP contribution in [0.4, 0.5) is 4.39 Å². The summed E-state index contributed by atoms with van der Waals surface area (Å²) in [4.78, 5) is 3.84. The number of imidazole rings is 1. The average molecular weight is 368 g/mol. The van der Waals surface area contributed by atoms with Crippen molar-refractivity contribution in [3.63, 3.8) is 0 Å². The molecule has 8 heteroatoms. The third-order valence-electron chi connectivity index (χ3n) is 2.56. The molecular weight excluding hydrogens is 359 g/mol. The Labute approximate surface area is 122 Å². The first-order chi connectivity index (χ1) is 8.77. The van der Waals surface area contributed by atoms with Gasteiger partial charge in [0, 0.05) is 26.9 Å². The van der Waals surface area contributed by atoms with Crippen molar-refractivity contribution in [1.82, 2.24) is 9.55 Å². The number of aryl methyl sites for hydroxylation is 1. The van der Waals surface area contributed by atoms with Crippen molar-refractivity contribution in [3.8, 4) is 0 Å². The number of aromatic nitrogens is 2. The van der Waals surface area contributed by atoms with Crippen molar-refractivity contribution in [2.45, 2.75) is 18.5 Å². The van der Waals surface area contributed by atoms with E-state index in [9.17, 15) is 12.8 Å². The van der Waals surface area contributed by atoms with Crippen molar-refractivity contribution >= 4 is 35.7 Å². The van der Waals surface area contributed by atoms with E-state index in [1.54, 1.807) is 19.1 Å². The third kappa shape index (κ3) is 3.34. The zero-order valence-electron chi connectivity index (χ0n) is 9.77. The number of benzene rings is 1. The fourth-order valence-corrected chi connectivity index (χ4v) is 2.64. The van der Waals surface area contributed by atoms with Crippen LogP contribution in [0.15, 0.2) is 33.9 Å². The molecule has 0 bridgehead atoms. The lowest BCUT2D eigenvalue weighted by molar-refractivity contribution is 0.596. The van der Waals surface area contributed by atoms with Gasteiger partial charge < -0.3 is 4.57 Å². The van der Waals surface area contributed by atoms with E-state index in [0.717, 1.165) is 0 Å². The summed E-state index contributed by atoms with van der Waals surface area (Å²) in [6.45, 7) is 1.81. The fourth-order valence-electron chi connectivity index (χ4n) is 1.59. The van der Waals surface area contributed by atoms with E-state index in [-0.39, 0.29) is 17.4 Å². The monoisotopic (exact) mass is 366 g/mol. The summed E-state index contributed by atoms with van der Waals surface area (Å²) < 4.78 is 38.2. The van der Waals surface area contributed by atoms with Gasteiger partial charge in [-0.1, -0.05) is 22.0 Å². The molecule has 1 aromatic heterocycles. The van der Waals surface area contributed by atoms with Gasteiger partial charge in [-0.25, -0.2) is 17.8 Å². The quantitative estimate of drug-likeness (QED) is 0.784. The molecule has 0 spiro atoms. The SMILES string of the molecule is Cc1nc(S(=O)(=O)Cl)cn1Cc1ccc(Br)cc1F. The van der Waals surface area contributed by atoms with Crippen LogP contribution in [0.25, 0.3) is 0 Å². The third-order valence-corrected chi connectivity index (χ3v) is 4.22. The summed E-state index contributed by atoms with van der Waals surface area (Å²) >= 11 is 3.17. The van der Waals surface area contributed by atoms with E-state index in [0.29, 0.717) is 15.9 Å². The molecule has 0 saturated carbocycles. The summed E-state index contributed by atoms with van der Waals surface area (Å²) in [7, 11) is 1.34.